The smallest absolute Gasteiger partial charge is 0.216 e. The lowest BCUT2D eigenvalue weighted by atomic mass is 10.2. The maximum atomic E-state index is 6.21. The van der Waals surface area contributed by atoms with Gasteiger partial charge in [-0.1, -0.05) is 47.5 Å². The average Bonchev–Trinajstić information content (AvgIpc) is 2.88. The third-order valence-corrected chi connectivity index (χ3v) is 3.80. The minimum Gasteiger partial charge on any atom is -0.250 e. The summed E-state index contributed by atoms with van der Waals surface area (Å²) in [5.74, 6) is 0.556. The molecule has 0 radical (unpaired) electrons. The number of halogens is 2. The van der Waals surface area contributed by atoms with Crippen LogP contribution in [-0.4, -0.2) is 21.1 Å². The van der Waals surface area contributed by atoms with Crippen LogP contribution in [0.3, 0.4) is 0 Å². The van der Waals surface area contributed by atoms with Crippen LogP contribution in [0.25, 0.3) is 11.4 Å². The van der Waals surface area contributed by atoms with Crippen molar-refractivity contribution < 1.29 is 0 Å². The second-order valence-corrected chi connectivity index (χ2v) is 5.67. The van der Waals surface area contributed by atoms with Crippen molar-refractivity contribution in [2.45, 2.75) is 0 Å². The lowest BCUT2D eigenvalue weighted by Crippen LogP contribution is -1.95. The van der Waals surface area contributed by atoms with Crippen molar-refractivity contribution in [1.82, 2.24) is 14.9 Å². The number of hydrogen-bond donors (Lipinski definition) is 1. The molecule has 3 rings (SSSR count). The molecule has 1 aromatic heterocycles. The van der Waals surface area contributed by atoms with Crippen LogP contribution < -0.4 is 0 Å². The molecule has 7 heteroatoms. The molecule has 0 spiro atoms. The summed E-state index contributed by atoms with van der Waals surface area (Å²) in [4.78, 5) is 0. The number of H-pyrrole nitrogens is 1. The molecule has 1 N–H and O–H groups in total. The van der Waals surface area contributed by atoms with E-state index in [1.807, 2.05) is 30.3 Å². The van der Waals surface area contributed by atoms with Crippen LogP contribution in [0.1, 0.15) is 5.56 Å². The summed E-state index contributed by atoms with van der Waals surface area (Å²) >= 11 is 17.3. The van der Waals surface area contributed by atoms with Crippen LogP contribution in [0.15, 0.2) is 53.6 Å². The van der Waals surface area contributed by atoms with Crippen molar-refractivity contribution in [3.05, 3.63) is 68.9 Å². The molecular formula is C15H10Cl2N4S. The first kappa shape index (κ1) is 15.0. The van der Waals surface area contributed by atoms with E-state index in [0.29, 0.717) is 20.6 Å². The predicted molar refractivity (Wildman–Crippen MR) is 92.3 cm³/mol. The summed E-state index contributed by atoms with van der Waals surface area (Å²) in [5.41, 5.74) is 1.65. The molecule has 1 heterocycles. The summed E-state index contributed by atoms with van der Waals surface area (Å²) < 4.78 is 1.92. The van der Waals surface area contributed by atoms with Crippen LogP contribution in [-0.2, 0) is 0 Å². The van der Waals surface area contributed by atoms with E-state index >= 15 is 0 Å². The molecule has 0 aliphatic heterocycles. The number of hydrogen-bond acceptors (Lipinski definition) is 3. The van der Waals surface area contributed by atoms with Crippen LogP contribution >= 0.6 is 35.4 Å². The van der Waals surface area contributed by atoms with E-state index in [9.17, 15) is 0 Å². The minimum atomic E-state index is 0.389. The average molecular weight is 349 g/mol. The summed E-state index contributed by atoms with van der Waals surface area (Å²) in [6, 6.07) is 14.7. The first-order valence-corrected chi connectivity index (χ1v) is 7.54. The number of nitrogens with one attached hydrogen (secondary N) is 1. The number of aromatic nitrogens is 3. The maximum absolute atomic E-state index is 6.21. The third kappa shape index (κ3) is 3.11. The van der Waals surface area contributed by atoms with E-state index in [1.165, 1.54) is 4.68 Å². The lowest BCUT2D eigenvalue weighted by Gasteiger charge is -2.03. The molecule has 0 atom stereocenters. The highest BCUT2D eigenvalue weighted by molar-refractivity contribution is 7.71. The van der Waals surface area contributed by atoms with E-state index in [-0.39, 0.29) is 0 Å². The molecule has 0 aliphatic carbocycles. The summed E-state index contributed by atoms with van der Waals surface area (Å²) in [6.45, 7) is 0. The van der Waals surface area contributed by atoms with E-state index in [4.69, 9.17) is 35.4 Å². The van der Waals surface area contributed by atoms with E-state index in [0.717, 1.165) is 11.1 Å². The Bertz CT molecular complexity index is 881. The Morgan fingerprint density at radius 2 is 1.82 bits per heavy atom. The molecule has 4 nitrogen and oxygen atoms in total. The molecule has 3 aromatic rings. The first-order chi connectivity index (χ1) is 10.6. The second-order valence-electron chi connectivity index (χ2n) is 4.44. The van der Waals surface area contributed by atoms with Gasteiger partial charge in [-0.05, 0) is 42.0 Å². The van der Waals surface area contributed by atoms with E-state index in [2.05, 4.69) is 15.3 Å². The lowest BCUT2D eigenvalue weighted by molar-refractivity contribution is 0.871. The summed E-state index contributed by atoms with van der Waals surface area (Å²) in [6.07, 6.45) is 1.68. The largest absolute Gasteiger partial charge is 0.250 e. The zero-order valence-electron chi connectivity index (χ0n) is 11.2. The topological polar surface area (TPSA) is 46.0 Å². The van der Waals surface area contributed by atoms with Gasteiger partial charge in [-0.15, -0.1) is 0 Å². The van der Waals surface area contributed by atoms with Gasteiger partial charge in [0.05, 0.1) is 11.2 Å². The van der Waals surface area contributed by atoms with Gasteiger partial charge in [0.2, 0.25) is 4.77 Å². The van der Waals surface area contributed by atoms with E-state index < -0.39 is 0 Å². The molecule has 0 unspecified atom stereocenters. The van der Waals surface area contributed by atoms with Gasteiger partial charge in [0.15, 0.2) is 5.82 Å². The zero-order chi connectivity index (χ0) is 15.5. The van der Waals surface area contributed by atoms with Gasteiger partial charge >= 0.3 is 0 Å². The number of rotatable bonds is 3. The van der Waals surface area contributed by atoms with Crippen LogP contribution in [0.4, 0.5) is 0 Å². The van der Waals surface area contributed by atoms with Gasteiger partial charge in [-0.25, -0.2) is 5.10 Å². The minimum absolute atomic E-state index is 0.389. The zero-order valence-corrected chi connectivity index (χ0v) is 13.5. The first-order valence-electron chi connectivity index (χ1n) is 6.37. The molecule has 22 heavy (non-hydrogen) atoms. The Kier molecular flexibility index (Phi) is 4.38. The fourth-order valence-corrected chi connectivity index (χ4v) is 2.41. The van der Waals surface area contributed by atoms with Gasteiger partial charge < -0.3 is 0 Å². The molecule has 0 amide bonds. The van der Waals surface area contributed by atoms with Crippen molar-refractivity contribution in [2.24, 2.45) is 5.10 Å². The highest BCUT2D eigenvalue weighted by Gasteiger charge is 2.10. The van der Waals surface area contributed by atoms with Gasteiger partial charge in [0.25, 0.3) is 0 Å². The molecule has 0 saturated carbocycles. The van der Waals surface area contributed by atoms with Crippen molar-refractivity contribution in [3.8, 4) is 11.4 Å². The quantitative estimate of drug-likeness (QED) is 0.545. The number of nitrogens with zero attached hydrogens (tertiary/aromatic N) is 3. The molecule has 2 aromatic carbocycles. The fourth-order valence-electron chi connectivity index (χ4n) is 1.89. The van der Waals surface area contributed by atoms with Gasteiger partial charge in [-0.3, -0.25) is 0 Å². The Hall–Kier alpha value is -1.95. The van der Waals surface area contributed by atoms with Crippen molar-refractivity contribution in [2.75, 3.05) is 0 Å². The fraction of sp³-hybridized carbons (Fsp3) is 0. The van der Waals surface area contributed by atoms with Crippen molar-refractivity contribution in [3.63, 3.8) is 0 Å². The molecular weight excluding hydrogens is 339 g/mol. The standard InChI is InChI=1S/C15H10Cl2N4S/c16-11-7-5-10(6-8-11)9-18-21-14(19-20-15(21)22)12-3-1-2-4-13(12)17/h1-9H,(H,20,22). The maximum Gasteiger partial charge on any atom is 0.216 e. The van der Waals surface area contributed by atoms with Crippen molar-refractivity contribution >= 4 is 41.6 Å². The molecule has 0 aliphatic rings. The molecule has 0 fully saturated rings. The summed E-state index contributed by atoms with van der Waals surface area (Å²) in [5, 5.41) is 12.6. The van der Waals surface area contributed by atoms with Crippen LogP contribution in [0, 0.1) is 4.77 Å². The highest BCUT2D eigenvalue weighted by atomic mass is 35.5. The van der Waals surface area contributed by atoms with E-state index in [1.54, 1.807) is 24.4 Å². The Balaban J connectivity index is 2.02. The van der Waals surface area contributed by atoms with Crippen molar-refractivity contribution in [1.29, 1.82) is 0 Å². The normalized spacial score (nSPS) is 11.2. The Labute approximate surface area is 142 Å². The molecule has 0 saturated heterocycles. The highest BCUT2D eigenvalue weighted by Crippen LogP contribution is 2.25. The molecule has 110 valence electrons. The Morgan fingerprint density at radius 3 is 2.55 bits per heavy atom. The van der Waals surface area contributed by atoms with Gasteiger partial charge in [0, 0.05) is 10.6 Å². The van der Waals surface area contributed by atoms with Crippen LogP contribution in [0.5, 0.6) is 0 Å². The number of benzene rings is 2. The Morgan fingerprint density at radius 1 is 1.09 bits per heavy atom. The second kappa shape index (κ2) is 6.44. The van der Waals surface area contributed by atoms with Gasteiger partial charge in [0.1, 0.15) is 0 Å². The molecule has 0 bridgehead atoms. The van der Waals surface area contributed by atoms with Crippen LogP contribution in [0.2, 0.25) is 10.0 Å². The van der Waals surface area contributed by atoms with Gasteiger partial charge in [-0.2, -0.15) is 14.9 Å². The summed E-state index contributed by atoms with van der Waals surface area (Å²) in [7, 11) is 0. The SMILES string of the molecule is S=c1[nH]nc(-c2ccccc2Cl)n1N=Cc1ccc(Cl)cc1. The third-order valence-electron chi connectivity index (χ3n) is 2.96. The predicted octanol–water partition coefficient (Wildman–Crippen LogP) is 4.80. The number of aromatic amines is 1. The monoisotopic (exact) mass is 348 g/mol.